The van der Waals surface area contributed by atoms with Crippen molar-refractivity contribution in [2.75, 3.05) is 11.9 Å². The van der Waals surface area contributed by atoms with E-state index in [0.29, 0.717) is 17.7 Å². The predicted molar refractivity (Wildman–Crippen MR) is 79.5 cm³/mol. The Bertz CT molecular complexity index is 709. The SMILES string of the molecule is Cc1cc(=O)oc2cc(NC(=O)[C@@H]([NH3+])CCC[NH3+])ccc12. The lowest BCUT2D eigenvalue weighted by Gasteiger charge is -2.09. The normalized spacial score (nSPS) is 12.3. The zero-order valence-electron chi connectivity index (χ0n) is 12.1. The summed E-state index contributed by atoms with van der Waals surface area (Å²) in [5.41, 5.74) is 9.13. The fraction of sp³-hybridized carbons (Fsp3) is 0.333. The number of anilines is 1. The highest BCUT2D eigenvalue weighted by Gasteiger charge is 2.17. The van der Waals surface area contributed by atoms with Gasteiger partial charge in [0.15, 0.2) is 6.04 Å². The Morgan fingerprint density at radius 1 is 1.38 bits per heavy atom. The number of quaternary nitrogens is 2. The van der Waals surface area contributed by atoms with Gasteiger partial charge in [-0.25, -0.2) is 4.79 Å². The molecule has 1 amide bonds. The van der Waals surface area contributed by atoms with E-state index in [1.165, 1.54) is 6.07 Å². The van der Waals surface area contributed by atoms with E-state index in [4.69, 9.17) is 4.42 Å². The van der Waals surface area contributed by atoms with Crippen molar-refractivity contribution in [2.45, 2.75) is 25.8 Å². The van der Waals surface area contributed by atoms with Crippen LogP contribution in [0, 0.1) is 6.92 Å². The van der Waals surface area contributed by atoms with Crippen LogP contribution in [0.4, 0.5) is 5.69 Å². The summed E-state index contributed by atoms with van der Waals surface area (Å²) < 4.78 is 5.16. The molecule has 0 spiro atoms. The van der Waals surface area contributed by atoms with Gasteiger partial charge >= 0.3 is 5.63 Å². The van der Waals surface area contributed by atoms with Gasteiger partial charge in [0.2, 0.25) is 0 Å². The van der Waals surface area contributed by atoms with Crippen LogP contribution >= 0.6 is 0 Å². The number of carbonyl (C=O) groups excluding carboxylic acids is 1. The van der Waals surface area contributed by atoms with E-state index in [9.17, 15) is 9.59 Å². The number of carbonyl (C=O) groups is 1. The molecule has 1 atom stereocenters. The maximum absolute atomic E-state index is 12.0. The second-order valence-corrected chi connectivity index (χ2v) is 5.14. The first kappa shape index (κ1) is 15.2. The summed E-state index contributed by atoms with van der Waals surface area (Å²) in [7, 11) is 0. The van der Waals surface area contributed by atoms with E-state index in [1.807, 2.05) is 13.0 Å². The molecule has 0 unspecified atom stereocenters. The lowest BCUT2D eigenvalue weighted by atomic mass is 10.1. The van der Waals surface area contributed by atoms with Gasteiger partial charge < -0.3 is 21.2 Å². The lowest BCUT2D eigenvalue weighted by Crippen LogP contribution is -2.66. The minimum absolute atomic E-state index is 0.141. The molecule has 0 aliphatic carbocycles. The fourth-order valence-corrected chi connectivity index (χ4v) is 2.17. The van der Waals surface area contributed by atoms with E-state index < -0.39 is 5.63 Å². The molecular weight excluding hydrogens is 270 g/mol. The van der Waals surface area contributed by atoms with Crippen LogP contribution in [0.5, 0.6) is 0 Å². The lowest BCUT2D eigenvalue weighted by molar-refractivity contribution is -0.410. The first-order valence-electron chi connectivity index (χ1n) is 6.99. The highest BCUT2D eigenvalue weighted by atomic mass is 16.4. The van der Waals surface area contributed by atoms with Gasteiger partial charge in [-0.15, -0.1) is 0 Å². The Hall–Kier alpha value is -2.18. The van der Waals surface area contributed by atoms with Crippen molar-refractivity contribution in [3.05, 3.63) is 40.2 Å². The maximum atomic E-state index is 12.0. The van der Waals surface area contributed by atoms with Gasteiger partial charge in [0.25, 0.3) is 5.91 Å². The Labute approximate surface area is 122 Å². The summed E-state index contributed by atoms with van der Waals surface area (Å²) in [6, 6.07) is 6.42. The van der Waals surface area contributed by atoms with Crippen LogP contribution in [0.15, 0.2) is 33.5 Å². The minimum atomic E-state index is -0.394. The number of rotatable bonds is 5. The predicted octanol–water partition coefficient (Wildman–Crippen LogP) is -0.327. The third-order valence-electron chi connectivity index (χ3n) is 3.39. The summed E-state index contributed by atoms with van der Waals surface area (Å²) in [6.07, 6.45) is 1.57. The molecule has 0 aliphatic heterocycles. The second kappa shape index (κ2) is 6.51. The van der Waals surface area contributed by atoms with Crippen LogP contribution in [0.25, 0.3) is 11.0 Å². The molecular formula is C15H21N3O3+2. The number of fused-ring (bicyclic) bond motifs is 1. The minimum Gasteiger partial charge on any atom is -0.423 e. The van der Waals surface area contributed by atoms with Crippen LogP contribution < -0.4 is 22.4 Å². The number of aryl methyl sites for hydroxylation is 1. The number of hydrogen-bond acceptors (Lipinski definition) is 3. The van der Waals surface area contributed by atoms with Gasteiger partial charge in [-0.3, -0.25) is 4.79 Å². The number of amides is 1. The van der Waals surface area contributed by atoms with Crippen molar-refractivity contribution in [3.63, 3.8) is 0 Å². The Kier molecular flexibility index (Phi) is 4.72. The van der Waals surface area contributed by atoms with Gasteiger partial charge in [-0.05, 0) is 24.6 Å². The molecule has 1 aromatic heterocycles. The third-order valence-corrected chi connectivity index (χ3v) is 3.39. The van der Waals surface area contributed by atoms with E-state index in [1.54, 1.807) is 12.1 Å². The zero-order valence-corrected chi connectivity index (χ0v) is 12.1. The first-order chi connectivity index (χ1) is 10.0. The summed E-state index contributed by atoms with van der Waals surface area (Å²) in [4.78, 5) is 23.4. The Morgan fingerprint density at radius 2 is 2.14 bits per heavy atom. The van der Waals surface area contributed by atoms with Crippen molar-refractivity contribution < 1.29 is 20.7 Å². The molecule has 0 aliphatic rings. The number of nitrogens with one attached hydrogen (secondary N) is 1. The second-order valence-electron chi connectivity index (χ2n) is 5.14. The highest BCUT2D eigenvalue weighted by Crippen LogP contribution is 2.20. The van der Waals surface area contributed by atoms with Gasteiger partial charge in [0.05, 0.1) is 6.54 Å². The van der Waals surface area contributed by atoms with E-state index in [2.05, 4.69) is 16.8 Å². The first-order valence-corrected chi connectivity index (χ1v) is 6.99. The standard InChI is InChI=1S/C15H19N3O3/c1-9-7-14(19)21-13-8-10(4-5-11(9)13)18-15(20)12(17)3-2-6-16/h4-5,7-8,12H,2-3,6,16-17H2,1H3,(H,18,20)/p+2/t12-/m0/s1. The molecule has 6 nitrogen and oxygen atoms in total. The molecule has 0 radical (unpaired) electrons. The zero-order chi connectivity index (χ0) is 15.4. The van der Waals surface area contributed by atoms with Crippen LogP contribution in [0.3, 0.4) is 0 Å². The highest BCUT2D eigenvalue weighted by molar-refractivity contribution is 5.95. The van der Waals surface area contributed by atoms with E-state index in [-0.39, 0.29) is 11.9 Å². The van der Waals surface area contributed by atoms with Crippen LogP contribution in [0.2, 0.25) is 0 Å². The van der Waals surface area contributed by atoms with E-state index >= 15 is 0 Å². The molecule has 0 saturated carbocycles. The van der Waals surface area contributed by atoms with Crippen LogP contribution in [-0.4, -0.2) is 18.5 Å². The largest absolute Gasteiger partial charge is 0.423 e. The summed E-state index contributed by atoms with van der Waals surface area (Å²) in [5, 5.41) is 3.66. The topological polar surface area (TPSA) is 115 Å². The number of benzene rings is 1. The van der Waals surface area contributed by atoms with Crippen molar-refractivity contribution >= 4 is 22.6 Å². The number of hydrogen-bond donors (Lipinski definition) is 3. The third kappa shape index (κ3) is 3.68. The van der Waals surface area contributed by atoms with Crippen LogP contribution in [-0.2, 0) is 4.79 Å². The average Bonchev–Trinajstić information content (AvgIpc) is 2.44. The fourth-order valence-electron chi connectivity index (χ4n) is 2.17. The molecule has 1 aromatic carbocycles. The molecule has 1 heterocycles. The van der Waals surface area contributed by atoms with Gasteiger partial charge in [0, 0.05) is 36.0 Å². The average molecular weight is 291 g/mol. The molecule has 0 bridgehead atoms. The molecule has 0 fully saturated rings. The summed E-state index contributed by atoms with van der Waals surface area (Å²) in [6.45, 7) is 2.64. The molecule has 2 rings (SSSR count). The Balaban J connectivity index is 2.20. The smallest absolute Gasteiger partial charge is 0.336 e. The molecule has 21 heavy (non-hydrogen) atoms. The van der Waals surface area contributed by atoms with Gasteiger partial charge in [-0.2, -0.15) is 0 Å². The van der Waals surface area contributed by atoms with Crippen molar-refractivity contribution in [3.8, 4) is 0 Å². The van der Waals surface area contributed by atoms with E-state index in [0.717, 1.165) is 23.9 Å². The molecule has 0 saturated heterocycles. The molecule has 7 N–H and O–H groups in total. The molecule has 6 heteroatoms. The quantitative estimate of drug-likeness (QED) is 0.655. The Morgan fingerprint density at radius 3 is 2.86 bits per heavy atom. The maximum Gasteiger partial charge on any atom is 0.336 e. The summed E-state index contributed by atoms with van der Waals surface area (Å²) >= 11 is 0. The van der Waals surface area contributed by atoms with Crippen molar-refractivity contribution in [1.82, 2.24) is 0 Å². The molecule has 2 aromatic rings. The van der Waals surface area contributed by atoms with Gasteiger partial charge in [0.1, 0.15) is 5.58 Å². The van der Waals surface area contributed by atoms with Crippen LogP contribution in [0.1, 0.15) is 18.4 Å². The van der Waals surface area contributed by atoms with Crippen molar-refractivity contribution in [2.24, 2.45) is 0 Å². The molecule has 112 valence electrons. The van der Waals surface area contributed by atoms with Crippen molar-refractivity contribution in [1.29, 1.82) is 0 Å². The monoisotopic (exact) mass is 291 g/mol. The summed E-state index contributed by atoms with van der Waals surface area (Å²) in [5.74, 6) is -0.141. The van der Waals surface area contributed by atoms with Gasteiger partial charge in [-0.1, -0.05) is 0 Å².